The fourth-order valence-corrected chi connectivity index (χ4v) is 3.92. The standard InChI is InChI=1S/C25H20Cl3N3O2/c1-15-24(28)16(2)31(30-15)19-10-8-18(9-11-19)29-25(32)17-6-12-20(13-7-17)33-14-21-22(26)4-3-5-23(21)27/h3-13H,14H2,1-2H3,(H,29,32). The van der Waals surface area contributed by atoms with E-state index >= 15 is 0 Å². The van der Waals surface area contributed by atoms with E-state index in [9.17, 15) is 4.79 Å². The Hall–Kier alpha value is -2.99. The molecule has 0 fully saturated rings. The molecule has 8 heteroatoms. The van der Waals surface area contributed by atoms with Gasteiger partial charge in [-0.1, -0.05) is 40.9 Å². The zero-order chi connectivity index (χ0) is 23.5. The molecule has 1 amide bonds. The first kappa shape index (κ1) is 23.2. The highest BCUT2D eigenvalue weighted by atomic mass is 35.5. The van der Waals surface area contributed by atoms with Gasteiger partial charge in [-0.2, -0.15) is 5.10 Å². The number of anilines is 1. The second-order valence-corrected chi connectivity index (χ2v) is 8.60. The number of halogens is 3. The van der Waals surface area contributed by atoms with Gasteiger partial charge in [0.05, 0.1) is 22.1 Å². The van der Waals surface area contributed by atoms with E-state index < -0.39 is 0 Å². The van der Waals surface area contributed by atoms with Gasteiger partial charge in [0.1, 0.15) is 12.4 Å². The molecular formula is C25H20Cl3N3O2. The predicted molar refractivity (Wildman–Crippen MR) is 133 cm³/mol. The number of carbonyl (C=O) groups is 1. The third kappa shape index (κ3) is 5.17. The summed E-state index contributed by atoms with van der Waals surface area (Å²) in [4.78, 5) is 12.6. The van der Waals surface area contributed by atoms with Crippen molar-refractivity contribution in [3.05, 3.63) is 104 Å². The van der Waals surface area contributed by atoms with Gasteiger partial charge < -0.3 is 10.1 Å². The SMILES string of the molecule is Cc1nn(-c2ccc(NC(=O)c3ccc(OCc4c(Cl)cccc4Cl)cc3)cc2)c(C)c1Cl. The third-order valence-electron chi connectivity index (χ3n) is 5.13. The second kappa shape index (κ2) is 9.87. The monoisotopic (exact) mass is 499 g/mol. The summed E-state index contributed by atoms with van der Waals surface area (Å²) in [5.74, 6) is 0.382. The van der Waals surface area contributed by atoms with Gasteiger partial charge in [-0.25, -0.2) is 4.68 Å². The molecule has 168 valence electrons. The summed E-state index contributed by atoms with van der Waals surface area (Å²) in [5.41, 5.74) is 4.39. The Kier molecular flexibility index (Phi) is 6.94. The second-order valence-electron chi connectivity index (χ2n) is 7.41. The summed E-state index contributed by atoms with van der Waals surface area (Å²) in [6, 6.07) is 19.6. The van der Waals surface area contributed by atoms with Gasteiger partial charge in [0.2, 0.25) is 0 Å². The number of rotatable bonds is 6. The van der Waals surface area contributed by atoms with Gasteiger partial charge >= 0.3 is 0 Å². The normalized spacial score (nSPS) is 10.8. The lowest BCUT2D eigenvalue weighted by Gasteiger charge is -2.11. The number of amides is 1. The zero-order valence-electron chi connectivity index (χ0n) is 17.9. The molecule has 1 heterocycles. The van der Waals surface area contributed by atoms with Crippen molar-refractivity contribution >= 4 is 46.4 Å². The third-order valence-corrected chi connectivity index (χ3v) is 6.39. The van der Waals surface area contributed by atoms with Crippen LogP contribution in [0.1, 0.15) is 27.3 Å². The number of aryl methyl sites for hydroxylation is 1. The van der Waals surface area contributed by atoms with Gasteiger partial charge in [0, 0.05) is 26.9 Å². The van der Waals surface area contributed by atoms with Crippen molar-refractivity contribution in [1.29, 1.82) is 0 Å². The Morgan fingerprint density at radius 2 is 1.58 bits per heavy atom. The fourth-order valence-electron chi connectivity index (χ4n) is 3.29. The maximum absolute atomic E-state index is 12.6. The molecule has 5 nitrogen and oxygen atoms in total. The molecule has 4 rings (SSSR count). The first-order chi connectivity index (χ1) is 15.8. The number of hydrogen-bond donors (Lipinski definition) is 1. The van der Waals surface area contributed by atoms with Crippen LogP contribution in [0, 0.1) is 13.8 Å². The summed E-state index contributed by atoms with van der Waals surface area (Å²) in [6.45, 7) is 4.01. The summed E-state index contributed by atoms with van der Waals surface area (Å²) in [5, 5.41) is 9.07. The van der Waals surface area contributed by atoms with Crippen LogP contribution in [-0.4, -0.2) is 15.7 Å². The van der Waals surface area contributed by atoms with Crippen LogP contribution >= 0.6 is 34.8 Å². The molecule has 0 bridgehead atoms. The Balaban J connectivity index is 1.39. The minimum Gasteiger partial charge on any atom is -0.489 e. The van der Waals surface area contributed by atoms with Crippen LogP contribution in [0.25, 0.3) is 5.69 Å². The van der Waals surface area contributed by atoms with Crippen LogP contribution in [0.15, 0.2) is 66.7 Å². The number of carbonyl (C=O) groups excluding carboxylic acids is 1. The molecule has 3 aromatic carbocycles. The van der Waals surface area contributed by atoms with Crippen LogP contribution < -0.4 is 10.1 Å². The molecule has 0 radical (unpaired) electrons. The van der Waals surface area contributed by atoms with Crippen LogP contribution in [0.3, 0.4) is 0 Å². The summed E-state index contributed by atoms with van der Waals surface area (Å²) in [6.07, 6.45) is 0. The van der Waals surface area contributed by atoms with Crippen LogP contribution in [0.4, 0.5) is 5.69 Å². The maximum Gasteiger partial charge on any atom is 0.255 e. The van der Waals surface area contributed by atoms with Crippen LogP contribution in [0.5, 0.6) is 5.75 Å². The summed E-state index contributed by atoms with van der Waals surface area (Å²) < 4.78 is 7.54. The molecule has 33 heavy (non-hydrogen) atoms. The summed E-state index contributed by atoms with van der Waals surface area (Å²) >= 11 is 18.6. The highest BCUT2D eigenvalue weighted by molar-refractivity contribution is 6.36. The van der Waals surface area contributed by atoms with E-state index in [1.54, 1.807) is 47.1 Å². The molecule has 0 aliphatic carbocycles. The van der Waals surface area contributed by atoms with Crippen molar-refractivity contribution in [2.75, 3.05) is 5.32 Å². The zero-order valence-corrected chi connectivity index (χ0v) is 20.2. The molecule has 4 aromatic rings. The lowest BCUT2D eigenvalue weighted by molar-refractivity contribution is 0.102. The number of benzene rings is 3. The van der Waals surface area contributed by atoms with E-state index in [2.05, 4.69) is 10.4 Å². The number of hydrogen-bond acceptors (Lipinski definition) is 3. The molecule has 0 aliphatic rings. The van der Waals surface area contributed by atoms with Gasteiger partial charge in [-0.15, -0.1) is 0 Å². The lowest BCUT2D eigenvalue weighted by Crippen LogP contribution is -2.12. The van der Waals surface area contributed by atoms with Crippen LogP contribution in [0.2, 0.25) is 15.1 Å². The Labute approximate surface area is 206 Å². The number of ether oxygens (including phenoxy) is 1. The van der Waals surface area contributed by atoms with Crippen molar-refractivity contribution in [2.45, 2.75) is 20.5 Å². The van der Waals surface area contributed by atoms with Gasteiger partial charge in [-0.05, 0) is 74.5 Å². The molecule has 0 atom stereocenters. The maximum atomic E-state index is 12.6. The smallest absolute Gasteiger partial charge is 0.255 e. The molecule has 0 saturated carbocycles. The average molecular weight is 501 g/mol. The van der Waals surface area contributed by atoms with E-state index in [1.165, 1.54) is 0 Å². The molecule has 0 saturated heterocycles. The van der Waals surface area contributed by atoms with E-state index in [-0.39, 0.29) is 12.5 Å². The number of nitrogens with one attached hydrogen (secondary N) is 1. The van der Waals surface area contributed by atoms with E-state index in [0.717, 1.165) is 17.1 Å². The first-order valence-electron chi connectivity index (χ1n) is 10.1. The molecule has 1 aromatic heterocycles. The van der Waals surface area contributed by atoms with Gasteiger partial charge in [-0.3, -0.25) is 4.79 Å². The largest absolute Gasteiger partial charge is 0.489 e. The Morgan fingerprint density at radius 1 is 0.939 bits per heavy atom. The Morgan fingerprint density at radius 3 is 2.15 bits per heavy atom. The lowest BCUT2D eigenvalue weighted by atomic mass is 10.2. The van der Waals surface area contributed by atoms with E-state index in [4.69, 9.17) is 39.5 Å². The van der Waals surface area contributed by atoms with Crippen molar-refractivity contribution in [2.24, 2.45) is 0 Å². The Bertz CT molecular complexity index is 1280. The van der Waals surface area contributed by atoms with Gasteiger partial charge in [0.25, 0.3) is 5.91 Å². The van der Waals surface area contributed by atoms with E-state index in [1.807, 2.05) is 38.1 Å². The predicted octanol–water partition coefficient (Wildman–Crippen LogP) is 7.28. The average Bonchev–Trinajstić information content (AvgIpc) is 3.07. The molecular weight excluding hydrogens is 481 g/mol. The first-order valence-corrected chi connectivity index (χ1v) is 11.3. The summed E-state index contributed by atoms with van der Waals surface area (Å²) in [7, 11) is 0. The quantitative estimate of drug-likeness (QED) is 0.303. The van der Waals surface area contributed by atoms with Crippen molar-refractivity contribution in [1.82, 2.24) is 9.78 Å². The van der Waals surface area contributed by atoms with Crippen molar-refractivity contribution in [3.8, 4) is 11.4 Å². The number of nitrogens with zero attached hydrogens (tertiary/aromatic N) is 2. The van der Waals surface area contributed by atoms with E-state index in [0.29, 0.717) is 37.6 Å². The molecule has 0 unspecified atom stereocenters. The fraction of sp³-hybridized carbons (Fsp3) is 0.120. The van der Waals surface area contributed by atoms with Crippen molar-refractivity contribution in [3.63, 3.8) is 0 Å². The minimum absolute atomic E-state index is 0.224. The van der Waals surface area contributed by atoms with Crippen LogP contribution in [-0.2, 0) is 6.61 Å². The minimum atomic E-state index is -0.224. The highest BCUT2D eigenvalue weighted by Crippen LogP contribution is 2.26. The topological polar surface area (TPSA) is 56.2 Å². The van der Waals surface area contributed by atoms with Gasteiger partial charge in [0.15, 0.2) is 0 Å². The molecule has 0 aliphatic heterocycles. The molecule has 1 N–H and O–H groups in total. The highest BCUT2D eigenvalue weighted by Gasteiger charge is 2.12. The molecule has 0 spiro atoms. The van der Waals surface area contributed by atoms with Crippen molar-refractivity contribution < 1.29 is 9.53 Å². The number of aromatic nitrogens is 2.